The van der Waals surface area contributed by atoms with Gasteiger partial charge in [-0.15, -0.1) is 5.10 Å². The molecule has 106 valence electrons. The van der Waals surface area contributed by atoms with Gasteiger partial charge in [-0.05, 0) is 18.8 Å². The normalized spacial score (nSPS) is 23.3. The maximum Gasteiger partial charge on any atom is 0.360 e. The third kappa shape index (κ3) is 2.94. The Kier molecular flexibility index (Phi) is 4.52. The predicted molar refractivity (Wildman–Crippen MR) is 68.7 cm³/mol. The Morgan fingerprint density at radius 2 is 2.21 bits per heavy atom. The molecule has 0 radical (unpaired) electrons. The number of esters is 1. The van der Waals surface area contributed by atoms with Crippen molar-refractivity contribution in [2.24, 2.45) is 5.92 Å². The fourth-order valence-corrected chi connectivity index (χ4v) is 2.76. The summed E-state index contributed by atoms with van der Waals surface area (Å²) >= 11 is 0. The van der Waals surface area contributed by atoms with Gasteiger partial charge in [0.1, 0.15) is 0 Å². The van der Waals surface area contributed by atoms with Gasteiger partial charge in [0.05, 0.1) is 25.5 Å². The molecular weight excluding hydrogens is 246 g/mol. The summed E-state index contributed by atoms with van der Waals surface area (Å²) in [5.74, 6) is 0.224. The van der Waals surface area contributed by atoms with E-state index in [1.54, 1.807) is 7.11 Å². The Morgan fingerprint density at radius 3 is 2.84 bits per heavy atom. The van der Waals surface area contributed by atoms with Crippen LogP contribution in [0.4, 0.5) is 0 Å². The first-order valence-electron chi connectivity index (χ1n) is 6.68. The monoisotopic (exact) mass is 267 g/mol. The summed E-state index contributed by atoms with van der Waals surface area (Å²) in [7, 11) is 2.95. The molecule has 0 aromatic carbocycles. The van der Waals surface area contributed by atoms with Gasteiger partial charge in [0.25, 0.3) is 0 Å². The minimum Gasteiger partial charge on any atom is -0.464 e. The molecule has 0 N–H and O–H groups in total. The summed E-state index contributed by atoms with van der Waals surface area (Å²) in [4.78, 5) is 11.7. The molecule has 2 atom stereocenters. The molecule has 1 aliphatic carbocycles. The maximum atomic E-state index is 11.7. The Bertz CT molecular complexity index is 444. The van der Waals surface area contributed by atoms with Crippen LogP contribution in [-0.2, 0) is 16.1 Å². The molecule has 6 heteroatoms. The van der Waals surface area contributed by atoms with E-state index < -0.39 is 5.97 Å². The first-order chi connectivity index (χ1) is 9.17. The maximum absolute atomic E-state index is 11.7. The molecule has 1 fully saturated rings. The molecule has 0 bridgehead atoms. The van der Waals surface area contributed by atoms with E-state index in [0.717, 1.165) is 12.8 Å². The SMILES string of the molecule is COCc1c(C(=O)OC)nnn1C1CCCC(C)C1. The molecule has 1 aromatic rings. The van der Waals surface area contributed by atoms with E-state index >= 15 is 0 Å². The number of ether oxygens (including phenoxy) is 2. The molecule has 6 nitrogen and oxygen atoms in total. The molecule has 1 heterocycles. The fraction of sp³-hybridized carbons (Fsp3) is 0.769. The average Bonchev–Trinajstić information content (AvgIpc) is 2.82. The van der Waals surface area contributed by atoms with Gasteiger partial charge in [0, 0.05) is 7.11 Å². The first kappa shape index (κ1) is 14.0. The minimum absolute atomic E-state index is 0.266. The number of carbonyl (C=O) groups is 1. The summed E-state index contributed by atoms with van der Waals surface area (Å²) in [5.41, 5.74) is 0.982. The fourth-order valence-electron chi connectivity index (χ4n) is 2.76. The van der Waals surface area contributed by atoms with Gasteiger partial charge in [0.15, 0.2) is 5.69 Å². The van der Waals surface area contributed by atoms with Crippen molar-refractivity contribution in [3.05, 3.63) is 11.4 Å². The number of aromatic nitrogens is 3. The lowest BCUT2D eigenvalue weighted by atomic mass is 9.87. The van der Waals surface area contributed by atoms with Gasteiger partial charge in [-0.1, -0.05) is 25.0 Å². The van der Waals surface area contributed by atoms with Crippen molar-refractivity contribution >= 4 is 5.97 Å². The number of carbonyl (C=O) groups excluding carboxylic acids is 1. The minimum atomic E-state index is -0.456. The van der Waals surface area contributed by atoms with Crippen molar-refractivity contribution in [3.63, 3.8) is 0 Å². The van der Waals surface area contributed by atoms with Crippen LogP contribution in [0.1, 0.15) is 54.8 Å². The van der Waals surface area contributed by atoms with Crippen molar-refractivity contribution in [1.29, 1.82) is 0 Å². The Labute approximate surface area is 113 Å². The molecule has 1 aliphatic rings. The van der Waals surface area contributed by atoms with Crippen LogP contribution in [0.25, 0.3) is 0 Å². The van der Waals surface area contributed by atoms with Gasteiger partial charge >= 0.3 is 5.97 Å². The van der Waals surface area contributed by atoms with Crippen LogP contribution in [0.5, 0.6) is 0 Å². The first-order valence-corrected chi connectivity index (χ1v) is 6.68. The average molecular weight is 267 g/mol. The summed E-state index contributed by atoms with van der Waals surface area (Å²) in [5, 5.41) is 8.11. The molecule has 0 aliphatic heterocycles. The highest BCUT2D eigenvalue weighted by Gasteiger charge is 2.27. The zero-order valence-electron chi connectivity index (χ0n) is 11.8. The summed E-state index contributed by atoms with van der Waals surface area (Å²) in [6.45, 7) is 2.57. The predicted octanol–water partition coefficient (Wildman–Crippen LogP) is 1.96. The van der Waals surface area contributed by atoms with Crippen LogP contribution >= 0.6 is 0 Å². The van der Waals surface area contributed by atoms with E-state index in [4.69, 9.17) is 9.47 Å². The Balaban J connectivity index is 2.28. The zero-order chi connectivity index (χ0) is 13.8. The van der Waals surface area contributed by atoms with Crippen molar-refractivity contribution in [2.75, 3.05) is 14.2 Å². The van der Waals surface area contributed by atoms with Gasteiger partial charge in [-0.3, -0.25) is 0 Å². The van der Waals surface area contributed by atoms with E-state index in [-0.39, 0.29) is 5.69 Å². The highest BCUT2D eigenvalue weighted by molar-refractivity contribution is 5.88. The summed E-state index contributed by atoms with van der Waals surface area (Å²) in [6.07, 6.45) is 4.59. The van der Waals surface area contributed by atoms with Crippen LogP contribution in [0.3, 0.4) is 0 Å². The number of nitrogens with zero attached hydrogens (tertiary/aromatic N) is 3. The van der Waals surface area contributed by atoms with Gasteiger partial charge in [0.2, 0.25) is 0 Å². The van der Waals surface area contributed by atoms with Crippen molar-refractivity contribution in [1.82, 2.24) is 15.0 Å². The number of hydrogen-bond acceptors (Lipinski definition) is 5. The molecule has 1 aromatic heterocycles. The highest BCUT2D eigenvalue weighted by Crippen LogP contribution is 2.32. The van der Waals surface area contributed by atoms with Crippen molar-refractivity contribution in [3.8, 4) is 0 Å². The molecular formula is C13H21N3O3. The third-order valence-corrected chi connectivity index (χ3v) is 3.71. The van der Waals surface area contributed by atoms with Gasteiger partial charge < -0.3 is 9.47 Å². The van der Waals surface area contributed by atoms with E-state index in [1.165, 1.54) is 20.0 Å². The molecule has 19 heavy (non-hydrogen) atoms. The lowest BCUT2D eigenvalue weighted by Crippen LogP contribution is -2.21. The Hall–Kier alpha value is -1.43. The van der Waals surface area contributed by atoms with Gasteiger partial charge in [-0.2, -0.15) is 0 Å². The molecule has 0 spiro atoms. The highest BCUT2D eigenvalue weighted by atomic mass is 16.5. The van der Waals surface area contributed by atoms with Crippen molar-refractivity contribution < 1.29 is 14.3 Å². The molecule has 0 amide bonds. The van der Waals surface area contributed by atoms with E-state index in [2.05, 4.69) is 17.2 Å². The van der Waals surface area contributed by atoms with Crippen LogP contribution < -0.4 is 0 Å². The molecule has 1 saturated carbocycles. The largest absolute Gasteiger partial charge is 0.464 e. The lowest BCUT2D eigenvalue weighted by molar-refractivity contribution is 0.0588. The lowest BCUT2D eigenvalue weighted by Gasteiger charge is -2.27. The second kappa shape index (κ2) is 6.14. The summed E-state index contributed by atoms with van der Waals surface area (Å²) < 4.78 is 11.8. The van der Waals surface area contributed by atoms with Crippen LogP contribution in [-0.4, -0.2) is 35.2 Å². The smallest absolute Gasteiger partial charge is 0.360 e. The Morgan fingerprint density at radius 1 is 1.42 bits per heavy atom. The third-order valence-electron chi connectivity index (χ3n) is 3.71. The quantitative estimate of drug-likeness (QED) is 0.780. The number of hydrogen-bond donors (Lipinski definition) is 0. The topological polar surface area (TPSA) is 66.2 Å². The van der Waals surface area contributed by atoms with Crippen LogP contribution in [0.2, 0.25) is 0 Å². The molecule has 0 saturated heterocycles. The zero-order valence-corrected chi connectivity index (χ0v) is 11.8. The van der Waals surface area contributed by atoms with Crippen LogP contribution in [0, 0.1) is 5.92 Å². The number of methoxy groups -OCH3 is 2. The standard InChI is InChI=1S/C13H21N3O3/c1-9-5-4-6-10(7-9)16-11(8-18-2)12(14-15-16)13(17)19-3/h9-10H,4-8H2,1-3H3. The van der Waals surface area contributed by atoms with Crippen LogP contribution in [0.15, 0.2) is 0 Å². The van der Waals surface area contributed by atoms with Crippen molar-refractivity contribution in [2.45, 2.75) is 45.3 Å². The van der Waals surface area contributed by atoms with Gasteiger partial charge in [-0.25, -0.2) is 9.48 Å². The number of rotatable bonds is 4. The van der Waals surface area contributed by atoms with E-state index in [1.807, 2.05) is 4.68 Å². The molecule has 2 rings (SSSR count). The van der Waals surface area contributed by atoms with E-state index in [0.29, 0.717) is 24.3 Å². The molecule has 2 unspecified atom stereocenters. The second-order valence-electron chi connectivity index (χ2n) is 5.18. The summed E-state index contributed by atoms with van der Waals surface area (Å²) in [6, 6.07) is 0.305. The van der Waals surface area contributed by atoms with E-state index in [9.17, 15) is 4.79 Å². The second-order valence-corrected chi connectivity index (χ2v) is 5.18.